The standard InChI is InChI=1S/C12H14N4O5S/c1-21-9(11-14-4-5-22-11)10(18)16-8(12(19)20)3-2-7(17)6-15-13/h4-6,8-9H,2-3H2,1H3,(H,16,18)(H,19,20)/t8-,9+/m0/s1. The number of thiazole rings is 1. The predicted molar refractivity (Wildman–Crippen MR) is 75.4 cm³/mol. The molecule has 10 heteroatoms. The van der Waals surface area contributed by atoms with Crippen LogP contribution in [0.5, 0.6) is 0 Å². The zero-order valence-electron chi connectivity index (χ0n) is 11.6. The second kappa shape index (κ2) is 8.78. The SMILES string of the molecule is CO[C@H](C(=O)N[C@@H](CCC(=O)C=[N+]=[N-])C(=O)O)c1nccs1. The van der Waals surface area contributed by atoms with Crippen molar-refractivity contribution in [2.45, 2.75) is 25.0 Å². The number of rotatable bonds is 9. The molecule has 0 unspecified atom stereocenters. The smallest absolute Gasteiger partial charge is 0.326 e. The first-order valence-electron chi connectivity index (χ1n) is 6.15. The first-order valence-corrected chi connectivity index (χ1v) is 7.03. The molecule has 0 saturated carbocycles. The number of carboxylic acid groups (broad SMARTS) is 1. The van der Waals surface area contributed by atoms with E-state index in [1.165, 1.54) is 24.6 Å². The lowest BCUT2D eigenvalue weighted by Crippen LogP contribution is -2.43. The van der Waals surface area contributed by atoms with Gasteiger partial charge in [-0.25, -0.2) is 9.78 Å². The van der Waals surface area contributed by atoms with Gasteiger partial charge < -0.3 is 20.7 Å². The fourth-order valence-electron chi connectivity index (χ4n) is 1.60. The molecule has 1 rings (SSSR count). The molecule has 2 N–H and O–H groups in total. The highest BCUT2D eigenvalue weighted by atomic mass is 32.1. The van der Waals surface area contributed by atoms with E-state index in [0.29, 0.717) is 11.2 Å². The summed E-state index contributed by atoms with van der Waals surface area (Å²) in [4.78, 5) is 40.9. The van der Waals surface area contributed by atoms with Gasteiger partial charge >= 0.3 is 12.2 Å². The van der Waals surface area contributed by atoms with Crippen molar-refractivity contribution in [1.29, 1.82) is 0 Å². The number of hydrogen-bond acceptors (Lipinski definition) is 6. The van der Waals surface area contributed by atoms with E-state index in [0.717, 1.165) is 0 Å². The van der Waals surface area contributed by atoms with E-state index in [1.54, 1.807) is 5.38 Å². The number of carbonyl (C=O) groups is 3. The largest absolute Gasteiger partial charge is 0.480 e. The lowest BCUT2D eigenvalue weighted by Gasteiger charge is -2.17. The minimum absolute atomic E-state index is 0.139. The molecule has 0 aliphatic rings. The number of carbonyl (C=O) groups excluding carboxylic acids is 2. The van der Waals surface area contributed by atoms with Crippen LogP contribution in [0.3, 0.4) is 0 Å². The lowest BCUT2D eigenvalue weighted by molar-refractivity contribution is -0.144. The van der Waals surface area contributed by atoms with Crippen molar-refractivity contribution in [3.63, 3.8) is 0 Å². The second-order valence-electron chi connectivity index (χ2n) is 4.14. The number of ether oxygens (including phenoxy) is 1. The van der Waals surface area contributed by atoms with Crippen molar-refractivity contribution in [2.75, 3.05) is 7.11 Å². The second-order valence-corrected chi connectivity index (χ2v) is 5.06. The molecule has 2 atom stereocenters. The fourth-order valence-corrected chi connectivity index (χ4v) is 2.31. The highest BCUT2D eigenvalue weighted by Crippen LogP contribution is 2.19. The summed E-state index contributed by atoms with van der Waals surface area (Å²) in [7, 11) is 1.31. The molecule has 0 radical (unpaired) electrons. The monoisotopic (exact) mass is 326 g/mol. The van der Waals surface area contributed by atoms with Gasteiger partial charge in [-0.3, -0.25) is 9.59 Å². The number of carboxylic acids is 1. The van der Waals surface area contributed by atoms with E-state index in [2.05, 4.69) is 15.1 Å². The Kier molecular flexibility index (Phi) is 7.03. The topological polar surface area (TPSA) is 142 Å². The minimum Gasteiger partial charge on any atom is -0.480 e. The number of nitrogens with zero attached hydrogens (tertiary/aromatic N) is 3. The van der Waals surface area contributed by atoms with Gasteiger partial charge in [-0.05, 0) is 6.42 Å². The van der Waals surface area contributed by atoms with Crippen LogP contribution >= 0.6 is 11.3 Å². The quantitative estimate of drug-likeness (QED) is 0.373. The van der Waals surface area contributed by atoms with Crippen LogP contribution in [-0.2, 0) is 19.1 Å². The van der Waals surface area contributed by atoms with Crippen LogP contribution in [0.2, 0.25) is 0 Å². The van der Waals surface area contributed by atoms with E-state index in [4.69, 9.17) is 15.4 Å². The first kappa shape index (κ1) is 17.6. The van der Waals surface area contributed by atoms with Gasteiger partial charge in [0.05, 0.1) is 0 Å². The Balaban J connectivity index is 2.69. The number of aliphatic carboxylic acids is 1. The van der Waals surface area contributed by atoms with Crippen molar-refractivity contribution in [3.8, 4) is 0 Å². The Hall–Kier alpha value is -2.42. The molecule has 0 saturated heterocycles. The van der Waals surface area contributed by atoms with E-state index in [1.807, 2.05) is 0 Å². The van der Waals surface area contributed by atoms with Crippen LogP contribution in [-0.4, -0.2) is 51.9 Å². The van der Waals surface area contributed by atoms with Crippen LogP contribution < -0.4 is 5.32 Å². The van der Waals surface area contributed by atoms with Crippen LogP contribution in [0.1, 0.15) is 24.0 Å². The molecule has 0 aliphatic carbocycles. The molecule has 1 amide bonds. The highest BCUT2D eigenvalue weighted by molar-refractivity contribution is 7.09. The molecule has 22 heavy (non-hydrogen) atoms. The van der Waals surface area contributed by atoms with Gasteiger partial charge in [-0.2, -0.15) is 4.79 Å². The van der Waals surface area contributed by atoms with Crippen molar-refractivity contribution in [1.82, 2.24) is 10.3 Å². The third-order valence-corrected chi connectivity index (χ3v) is 3.46. The fraction of sp³-hybridized carbons (Fsp3) is 0.417. The summed E-state index contributed by atoms with van der Waals surface area (Å²) in [5.74, 6) is -2.49. The molecule has 0 bridgehead atoms. The molecule has 118 valence electrons. The maximum atomic E-state index is 12.1. The summed E-state index contributed by atoms with van der Waals surface area (Å²) in [6, 6.07) is -1.26. The van der Waals surface area contributed by atoms with E-state index in [9.17, 15) is 14.4 Å². The van der Waals surface area contributed by atoms with Gasteiger partial charge in [0.2, 0.25) is 5.78 Å². The Morgan fingerprint density at radius 1 is 1.59 bits per heavy atom. The third-order valence-electron chi connectivity index (χ3n) is 2.65. The maximum Gasteiger partial charge on any atom is 0.326 e. The van der Waals surface area contributed by atoms with Gasteiger partial charge in [-0.1, -0.05) is 0 Å². The number of ketones is 1. The summed E-state index contributed by atoms with van der Waals surface area (Å²) in [5, 5.41) is 13.4. The highest BCUT2D eigenvalue weighted by Gasteiger charge is 2.28. The van der Waals surface area contributed by atoms with Crippen molar-refractivity contribution in [3.05, 3.63) is 22.1 Å². The number of amides is 1. The first-order chi connectivity index (χ1) is 10.5. The van der Waals surface area contributed by atoms with Gasteiger partial charge in [0, 0.05) is 25.1 Å². The average Bonchev–Trinajstić information content (AvgIpc) is 2.98. The minimum atomic E-state index is -1.28. The van der Waals surface area contributed by atoms with Crippen LogP contribution in [0, 0.1) is 0 Å². The Bertz CT molecular complexity index is 582. The Labute approximate surface area is 129 Å². The number of aromatic nitrogens is 1. The van der Waals surface area contributed by atoms with E-state index < -0.39 is 29.8 Å². The molecule has 1 aromatic heterocycles. The maximum absolute atomic E-state index is 12.1. The van der Waals surface area contributed by atoms with Gasteiger partial charge in [-0.15, -0.1) is 11.3 Å². The van der Waals surface area contributed by atoms with E-state index in [-0.39, 0.29) is 12.8 Å². The lowest BCUT2D eigenvalue weighted by atomic mass is 10.1. The molecule has 1 heterocycles. The van der Waals surface area contributed by atoms with Crippen LogP contribution in [0.4, 0.5) is 0 Å². The number of methoxy groups -OCH3 is 1. The molecular weight excluding hydrogens is 312 g/mol. The molecule has 0 aliphatic heterocycles. The molecule has 1 aromatic rings. The summed E-state index contributed by atoms with van der Waals surface area (Å²) < 4.78 is 5.02. The van der Waals surface area contributed by atoms with Gasteiger partial charge in [0.1, 0.15) is 11.0 Å². The van der Waals surface area contributed by atoms with Crippen molar-refractivity contribution < 1.29 is 29.0 Å². The van der Waals surface area contributed by atoms with E-state index >= 15 is 0 Å². The summed E-state index contributed by atoms with van der Waals surface area (Å²) in [5.41, 5.74) is 8.21. The molecular formula is C12H14N4O5S. The summed E-state index contributed by atoms with van der Waals surface area (Å²) >= 11 is 1.20. The molecule has 9 nitrogen and oxygen atoms in total. The predicted octanol–water partition coefficient (Wildman–Crippen LogP) is 0.0499. The van der Waals surface area contributed by atoms with Gasteiger partial charge in [0.15, 0.2) is 6.10 Å². The zero-order chi connectivity index (χ0) is 16.5. The average molecular weight is 326 g/mol. The zero-order valence-corrected chi connectivity index (χ0v) is 12.4. The number of nitrogens with one attached hydrogen (secondary N) is 1. The van der Waals surface area contributed by atoms with Crippen molar-refractivity contribution in [2.24, 2.45) is 0 Å². The molecule has 0 spiro atoms. The Morgan fingerprint density at radius 2 is 2.32 bits per heavy atom. The number of Topliss-reactive ketones (excluding diaryl/α,β-unsaturated/α-hetero) is 1. The number of hydrogen-bond donors (Lipinski definition) is 2. The molecule has 0 aromatic carbocycles. The van der Waals surface area contributed by atoms with Crippen LogP contribution in [0.15, 0.2) is 11.6 Å². The summed E-state index contributed by atoms with van der Waals surface area (Å²) in [6.45, 7) is 0. The molecule has 0 fully saturated rings. The Morgan fingerprint density at radius 3 is 2.82 bits per heavy atom. The normalized spacial score (nSPS) is 12.8. The van der Waals surface area contributed by atoms with Crippen molar-refractivity contribution >= 4 is 35.2 Å². The van der Waals surface area contributed by atoms with Crippen LogP contribution in [0.25, 0.3) is 5.53 Å². The third kappa shape index (κ3) is 5.17. The summed E-state index contributed by atoms with van der Waals surface area (Å²) in [6.07, 6.45) is 0.836. The van der Waals surface area contributed by atoms with Gasteiger partial charge in [0.25, 0.3) is 5.91 Å².